The molecule has 2 rings (SSSR count). The lowest BCUT2D eigenvalue weighted by atomic mass is 10.2. The number of benzene rings is 1. The zero-order valence-corrected chi connectivity index (χ0v) is 11.1. The van der Waals surface area contributed by atoms with E-state index in [0.29, 0.717) is 19.6 Å². The number of amides is 1. The van der Waals surface area contributed by atoms with Crippen molar-refractivity contribution >= 4 is 5.91 Å². The van der Waals surface area contributed by atoms with Gasteiger partial charge in [0.2, 0.25) is 5.91 Å². The van der Waals surface area contributed by atoms with Crippen molar-refractivity contribution in [2.24, 2.45) is 0 Å². The first-order valence-corrected chi connectivity index (χ1v) is 6.54. The average Bonchev–Trinajstić information content (AvgIpc) is 2.47. The molecular weight excluding hydrogens is 259 g/mol. The van der Waals surface area contributed by atoms with Crippen molar-refractivity contribution in [3.8, 4) is 6.07 Å². The van der Waals surface area contributed by atoms with E-state index in [1.807, 2.05) is 4.90 Å². The maximum atomic E-state index is 12.7. The predicted octanol–water partition coefficient (Wildman–Crippen LogP) is 0.239. The summed E-state index contributed by atoms with van der Waals surface area (Å²) in [6.07, 6.45) is 0. The molecule has 1 heterocycles. The zero-order chi connectivity index (χ0) is 14.4. The van der Waals surface area contributed by atoms with E-state index < -0.39 is 0 Å². The van der Waals surface area contributed by atoms with Crippen LogP contribution in [0.25, 0.3) is 0 Å². The largest absolute Gasteiger partial charge is 0.351 e. The highest BCUT2D eigenvalue weighted by Gasteiger charge is 2.23. The molecule has 1 aliphatic heterocycles. The third kappa shape index (κ3) is 4.02. The van der Waals surface area contributed by atoms with Gasteiger partial charge in [0.25, 0.3) is 0 Å². The van der Waals surface area contributed by atoms with Crippen LogP contribution >= 0.6 is 0 Å². The molecule has 2 N–H and O–H groups in total. The molecule has 1 aliphatic rings. The maximum absolute atomic E-state index is 12.7. The monoisotopic (exact) mass is 276 g/mol. The molecule has 1 fully saturated rings. The summed E-state index contributed by atoms with van der Waals surface area (Å²) in [4.78, 5) is 13.7. The fourth-order valence-electron chi connectivity index (χ4n) is 2.11. The molecule has 0 bridgehead atoms. The third-order valence-corrected chi connectivity index (χ3v) is 3.25. The van der Waals surface area contributed by atoms with Crippen LogP contribution in [0.4, 0.5) is 4.39 Å². The number of piperazine rings is 1. The molecule has 5 nitrogen and oxygen atoms in total. The molecule has 1 atom stereocenters. The Bertz CT molecular complexity index is 497. The number of nitrogens with zero attached hydrogens (tertiary/aromatic N) is 2. The summed E-state index contributed by atoms with van der Waals surface area (Å²) < 4.78 is 12.7. The van der Waals surface area contributed by atoms with Gasteiger partial charge in [0.15, 0.2) is 0 Å². The van der Waals surface area contributed by atoms with Gasteiger partial charge in [-0.2, -0.15) is 5.26 Å². The Kier molecular flexibility index (Phi) is 5.04. The van der Waals surface area contributed by atoms with E-state index in [9.17, 15) is 9.18 Å². The highest BCUT2D eigenvalue weighted by Crippen LogP contribution is 2.03. The van der Waals surface area contributed by atoms with Crippen LogP contribution in [-0.4, -0.2) is 43.0 Å². The Balaban J connectivity index is 1.80. The summed E-state index contributed by atoms with van der Waals surface area (Å²) in [5, 5.41) is 14.9. The normalized spacial score (nSPS) is 19.3. The molecule has 0 radical (unpaired) electrons. The minimum absolute atomic E-state index is 0.128. The summed E-state index contributed by atoms with van der Waals surface area (Å²) in [5.74, 6) is -0.422. The lowest BCUT2D eigenvalue weighted by Gasteiger charge is -2.31. The number of nitriles is 1. The Morgan fingerprint density at radius 1 is 1.50 bits per heavy atom. The summed E-state index contributed by atoms with van der Waals surface area (Å²) in [7, 11) is 0. The van der Waals surface area contributed by atoms with Crippen molar-refractivity contribution in [1.82, 2.24) is 15.5 Å². The zero-order valence-electron chi connectivity index (χ0n) is 11.1. The lowest BCUT2D eigenvalue weighted by molar-refractivity contribution is -0.122. The predicted molar refractivity (Wildman–Crippen MR) is 72.1 cm³/mol. The van der Waals surface area contributed by atoms with E-state index in [-0.39, 0.29) is 24.3 Å². The van der Waals surface area contributed by atoms with Crippen molar-refractivity contribution in [1.29, 1.82) is 5.26 Å². The molecule has 6 heteroatoms. The summed E-state index contributed by atoms with van der Waals surface area (Å²) >= 11 is 0. The van der Waals surface area contributed by atoms with Gasteiger partial charge in [-0.3, -0.25) is 9.69 Å². The minimum Gasteiger partial charge on any atom is -0.351 e. The van der Waals surface area contributed by atoms with Crippen molar-refractivity contribution in [3.63, 3.8) is 0 Å². The van der Waals surface area contributed by atoms with Crippen LogP contribution in [0, 0.1) is 17.1 Å². The van der Waals surface area contributed by atoms with Crippen LogP contribution < -0.4 is 10.6 Å². The van der Waals surface area contributed by atoms with Crippen LogP contribution in [-0.2, 0) is 11.3 Å². The first-order valence-electron chi connectivity index (χ1n) is 6.54. The van der Waals surface area contributed by atoms with Crippen LogP contribution in [0.5, 0.6) is 0 Å². The van der Waals surface area contributed by atoms with E-state index in [2.05, 4.69) is 16.7 Å². The highest BCUT2D eigenvalue weighted by molar-refractivity contribution is 5.78. The van der Waals surface area contributed by atoms with Gasteiger partial charge in [0.1, 0.15) is 11.9 Å². The minimum atomic E-state index is -0.294. The number of nitrogens with one attached hydrogen (secondary N) is 2. The number of carbonyl (C=O) groups excluding carboxylic acids is 1. The number of rotatable bonds is 4. The molecule has 0 saturated carbocycles. The van der Waals surface area contributed by atoms with Crippen molar-refractivity contribution in [2.45, 2.75) is 12.6 Å². The Labute approximate surface area is 117 Å². The van der Waals surface area contributed by atoms with E-state index in [4.69, 9.17) is 5.26 Å². The van der Waals surface area contributed by atoms with Crippen molar-refractivity contribution < 1.29 is 9.18 Å². The van der Waals surface area contributed by atoms with Gasteiger partial charge < -0.3 is 10.6 Å². The first kappa shape index (κ1) is 14.4. The summed E-state index contributed by atoms with van der Waals surface area (Å²) in [6, 6.07) is 7.92. The molecule has 0 aliphatic carbocycles. The van der Waals surface area contributed by atoms with Gasteiger partial charge in [0, 0.05) is 26.2 Å². The number of hydrogen-bond donors (Lipinski definition) is 2. The Hall–Kier alpha value is -1.97. The lowest BCUT2D eigenvalue weighted by Crippen LogP contribution is -2.53. The average molecular weight is 276 g/mol. The molecule has 1 aromatic rings. The molecule has 1 aromatic carbocycles. The van der Waals surface area contributed by atoms with Crippen molar-refractivity contribution in [2.75, 3.05) is 26.2 Å². The van der Waals surface area contributed by atoms with Gasteiger partial charge in [-0.25, -0.2) is 4.39 Å². The quantitative estimate of drug-likeness (QED) is 0.826. The van der Waals surface area contributed by atoms with Crippen LogP contribution in [0.2, 0.25) is 0 Å². The second kappa shape index (κ2) is 6.98. The van der Waals surface area contributed by atoms with Crippen LogP contribution in [0.1, 0.15) is 5.56 Å². The highest BCUT2D eigenvalue weighted by atomic mass is 19.1. The fourth-order valence-corrected chi connectivity index (χ4v) is 2.11. The SMILES string of the molecule is N#CC1CNCCN1CC(=O)NCc1ccc(F)cc1. The number of hydrogen-bond acceptors (Lipinski definition) is 4. The molecule has 1 saturated heterocycles. The van der Waals surface area contributed by atoms with Gasteiger partial charge in [-0.05, 0) is 17.7 Å². The summed E-state index contributed by atoms with van der Waals surface area (Å²) in [6.45, 7) is 2.62. The smallest absolute Gasteiger partial charge is 0.234 e. The van der Waals surface area contributed by atoms with E-state index in [1.165, 1.54) is 12.1 Å². The maximum Gasteiger partial charge on any atom is 0.234 e. The molecule has 0 spiro atoms. The van der Waals surface area contributed by atoms with E-state index in [1.54, 1.807) is 12.1 Å². The Morgan fingerprint density at radius 3 is 2.95 bits per heavy atom. The summed E-state index contributed by atoms with van der Waals surface area (Å²) in [5.41, 5.74) is 0.844. The number of carbonyl (C=O) groups is 1. The molecular formula is C14H17FN4O. The molecule has 106 valence electrons. The topological polar surface area (TPSA) is 68.2 Å². The molecule has 0 aromatic heterocycles. The second-order valence-electron chi connectivity index (χ2n) is 4.72. The van der Waals surface area contributed by atoms with Gasteiger partial charge in [-0.1, -0.05) is 12.1 Å². The van der Waals surface area contributed by atoms with Gasteiger partial charge in [0.05, 0.1) is 12.6 Å². The molecule has 1 amide bonds. The molecule has 20 heavy (non-hydrogen) atoms. The van der Waals surface area contributed by atoms with Gasteiger partial charge in [-0.15, -0.1) is 0 Å². The van der Waals surface area contributed by atoms with Crippen molar-refractivity contribution in [3.05, 3.63) is 35.6 Å². The Morgan fingerprint density at radius 2 is 2.25 bits per heavy atom. The van der Waals surface area contributed by atoms with Crippen LogP contribution in [0.15, 0.2) is 24.3 Å². The van der Waals surface area contributed by atoms with Gasteiger partial charge >= 0.3 is 0 Å². The first-order chi connectivity index (χ1) is 9.69. The third-order valence-electron chi connectivity index (χ3n) is 3.25. The van der Waals surface area contributed by atoms with Crippen LogP contribution in [0.3, 0.4) is 0 Å². The molecule has 1 unspecified atom stereocenters. The number of halogens is 1. The fraction of sp³-hybridized carbons (Fsp3) is 0.429. The standard InChI is InChI=1S/C14H17FN4O/c15-12-3-1-11(2-4-12)8-18-14(20)10-19-6-5-17-9-13(19)7-16/h1-4,13,17H,5-6,8-10H2,(H,18,20). The van der Waals surface area contributed by atoms with E-state index >= 15 is 0 Å². The second-order valence-corrected chi connectivity index (χ2v) is 4.72. The van der Waals surface area contributed by atoms with E-state index in [0.717, 1.165) is 12.1 Å².